The largest absolute Gasteiger partial charge is 0.493 e. The minimum absolute atomic E-state index is 0.279. The van der Waals surface area contributed by atoms with E-state index >= 15 is 0 Å². The molecule has 0 unspecified atom stereocenters. The van der Waals surface area contributed by atoms with Crippen molar-refractivity contribution < 1.29 is 14.3 Å². The molecule has 1 aromatic rings. The Kier molecular flexibility index (Phi) is 7.25. The fourth-order valence-corrected chi connectivity index (χ4v) is 1.77. The maximum absolute atomic E-state index is 11.7. The van der Waals surface area contributed by atoms with Crippen LogP contribution in [0.1, 0.15) is 18.9 Å². The first kappa shape index (κ1) is 17.0. The van der Waals surface area contributed by atoms with E-state index in [1.807, 2.05) is 13.0 Å². The molecule has 0 aromatic heterocycles. The average molecular weight is 308 g/mol. The van der Waals surface area contributed by atoms with Gasteiger partial charge in [0.2, 0.25) is 5.91 Å². The number of hydrogen-bond acceptors (Lipinski definition) is 4. The van der Waals surface area contributed by atoms with Gasteiger partial charge in [-0.2, -0.15) is 0 Å². The topological polar surface area (TPSA) is 59.6 Å². The predicted octanol–water partition coefficient (Wildman–Crippen LogP) is 2.12. The molecule has 0 aliphatic rings. The fraction of sp³-hybridized carbons (Fsp3) is 0.333. The second-order valence-electron chi connectivity index (χ2n) is 4.19. The lowest BCUT2D eigenvalue weighted by molar-refractivity contribution is -0.115. The van der Waals surface area contributed by atoms with Crippen molar-refractivity contribution in [1.29, 1.82) is 0 Å². The van der Waals surface area contributed by atoms with E-state index in [-0.39, 0.29) is 5.91 Å². The molecule has 1 aromatic carbocycles. The zero-order chi connectivity index (χ0) is 15.7. The maximum Gasteiger partial charge on any atom is 0.250 e. The number of nitrogens with one attached hydrogen (secondary N) is 2. The quantitative estimate of drug-likeness (QED) is 0.623. The van der Waals surface area contributed by atoms with E-state index in [9.17, 15) is 4.79 Å². The number of amides is 1. The molecule has 1 rings (SSSR count). The number of carbonyl (C=O) groups excluding carboxylic acids is 1. The van der Waals surface area contributed by atoms with Gasteiger partial charge in [0.25, 0.3) is 0 Å². The normalized spacial score (nSPS) is 10.2. The van der Waals surface area contributed by atoms with Gasteiger partial charge in [0.05, 0.1) is 14.2 Å². The summed E-state index contributed by atoms with van der Waals surface area (Å²) in [5, 5.41) is 5.83. The summed E-state index contributed by atoms with van der Waals surface area (Å²) in [4.78, 5) is 11.7. The summed E-state index contributed by atoms with van der Waals surface area (Å²) in [5.41, 5.74) is 0.829. The Labute approximate surface area is 130 Å². The van der Waals surface area contributed by atoms with Crippen LogP contribution >= 0.6 is 12.2 Å². The summed E-state index contributed by atoms with van der Waals surface area (Å²) in [6, 6.07) is 5.40. The minimum atomic E-state index is -0.279. The Morgan fingerprint density at radius 1 is 1.29 bits per heavy atom. The Morgan fingerprint density at radius 3 is 2.62 bits per heavy atom. The van der Waals surface area contributed by atoms with Crippen LogP contribution in [-0.2, 0) is 4.79 Å². The molecule has 1 amide bonds. The van der Waals surface area contributed by atoms with Crippen LogP contribution in [0.2, 0.25) is 0 Å². The van der Waals surface area contributed by atoms with Crippen molar-refractivity contribution in [3.05, 3.63) is 29.8 Å². The first-order chi connectivity index (χ1) is 10.1. The molecular formula is C15H20N2O3S. The van der Waals surface area contributed by atoms with Gasteiger partial charge in [0, 0.05) is 12.6 Å². The zero-order valence-corrected chi connectivity index (χ0v) is 13.3. The van der Waals surface area contributed by atoms with Gasteiger partial charge in [-0.3, -0.25) is 10.1 Å². The standard InChI is InChI=1S/C15H20N2O3S/c1-4-9-16-15(21)17-14(18)8-6-11-5-7-12(19-2)13(10-11)20-3/h5-8,10H,4,9H2,1-3H3,(H2,16,17,18,21)/b8-6+. The van der Waals surface area contributed by atoms with E-state index in [1.165, 1.54) is 6.08 Å². The highest BCUT2D eigenvalue weighted by Gasteiger charge is 2.03. The van der Waals surface area contributed by atoms with Crippen molar-refractivity contribution in [2.45, 2.75) is 13.3 Å². The predicted molar refractivity (Wildman–Crippen MR) is 87.6 cm³/mol. The highest BCUT2D eigenvalue weighted by Crippen LogP contribution is 2.27. The maximum atomic E-state index is 11.7. The van der Waals surface area contributed by atoms with Gasteiger partial charge in [-0.25, -0.2) is 0 Å². The summed E-state index contributed by atoms with van der Waals surface area (Å²) in [5.74, 6) is 0.975. The Bertz CT molecular complexity index is 530. The molecular weight excluding hydrogens is 288 g/mol. The summed E-state index contributed by atoms with van der Waals surface area (Å²) in [6.07, 6.45) is 4.04. The summed E-state index contributed by atoms with van der Waals surface area (Å²) in [7, 11) is 3.14. The SMILES string of the molecule is CCCNC(=S)NC(=O)/C=C/c1ccc(OC)c(OC)c1. The molecule has 0 atom stereocenters. The van der Waals surface area contributed by atoms with Gasteiger partial charge >= 0.3 is 0 Å². The van der Waals surface area contributed by atoms with E-state index in [4.69, 9.17) is 21.7 Å². The molecule has 0 saturated carbocycles. The number of hydrogen-bond donors (Lipinski definition) is 2. The molecule has 0 spiro atoms. The van der Waals surface area contributed by atoms with Crippen LogP contribution in [0.4, 0.5) is 0 Å². The molecule has 0 fully saturated rings. The number of rotatable bonds is 6. The lowest BCUT2D eigenvalue weighted by atomic mass is 10.2. The van der Waals surface area contributed by atoms with E-state index in [1.54, 1.807) is 32.4 Å². The van der Waals surface area contributed by atoms with Crippen LogP contribution in [0.5, 0.6) is 11.5 Å². The van der Waals surface area contributed by atoms with Crippen LogP contribution in [0.3, 0.4) is 0 Å². The van der Waals surface area contributed by atoms with Crippen LogP contribution < -0.4 is 20.1 Å². The second kappa shape index (κ2) is 8.97. The van der Waals surface area contributed by atoms with Gasteiger partial charge in [-0.15, -0.1) is 0 Å². The molecule has 2 N–H and O–H groups in total. The molecule has 5 nitrogen and oxygen atoms in total. The van der Waals surface area contributed by atoms with E-state index in [0.717, 1.165) is 18.5 Å². The third-order valence-electron chi connectivity index (χ3n) is 2.61. The molecule has 0 aliphatic carbocycles. The van der Waals surface area contributed by atoms with Crippen molar-refractivity contribution >= 4 is 29.3 Å². The highest BCUT2D eigenvalue weighted by molar-refractivity contribution is 7.80. The Hall–Kier alpha value is -2.08. The first-order valence-corrected chi connectivity index (χ1v) is 7.00. The molecule has 0 aliphatic heterocycles. The second-order valence-corrected chi connectivity index (χ2v) is 4.60. The van der Waals surface area contributed by atoms with Gasteiger partial charge in [0.15, 0.2) is 16.6 Å². The summed E-state index contributed by atoms with van der Waals surface area (Å²) < 4.78 is 10.4. The molecule has 0 saturated heterocycles. The van der Waals surface area contributed by atoms with Crippen molar-refractivity contribution in [3.63, 3.8) is 0 Å². The number of methoxy groups -OCH3 is 2. The third kappa shape index (κ3) is 5.83. The first-order valence-electron chi connectivity index (χ1n) is 6.59. The molecule has 6 heteroatoms. The molecule has 0 radical (unpaired) electrons. The van der Waals surface area contributed by atoms with E-state index in [0.29, 0.717) is 16.6 Å². The zero-order valence-electron chi connectivity index (χ0n) is 12.4. The summed E-state index contributed by atoms with van der Waals surface area (Å²) in [6.45, 7) is 2.76. The number of carbonyl (C=O) groups is 1. The van der Waals surface area contributed by atoms with Crippen LogP contribution in [0.15, 0.2) is 24.3 Å². The van der Waals surface area contributed by atoms with Crippen LogP contribution in [-0.4, -0.2) is 31.8 Å². The van der Waals surface area contributed by atoms with Crippen molar-refractivity contribution in [3.8, 4) is 11.5 Å². The average Bonchev–Trinajstić information content (AvgIpc) is 2.50. The van der Waals surface area contributed by atoms with Crippen molar-refractivity contribution in [1.82, 2.24) is 10.6 Å². The highest BCUT2D eigenvalue weighted by atomic mass is 32.1. The van der Waals surface area contributed by atoms with Crippen LogP contribution in [0.25, 0.3) is 6.08 Å². The van der Waals surface area contributed by atoms with Gasteiger partial charge in [0.1, 0.15) is 0 Å². The lowest BCUT2D eigenvalue weighted by Crippen LogP contribution is -2.38. The minimum Gasteiger partial charge on any atom is -0.493 e. The van der Waals surface area contributed by atoms with E-state index in [2.05, 4.69) is 10.6 Å². The molecule has 0 heterocycles. The summed E-state index contributed by atoms with van der Waals surface area (Å²) >= 11 is 4.99. The smallest absolute Gasteiger partial charge is 0.250 e. The molecule has 114 valence electrons. The monoisotopic (exact) mass is 308 g/mol. The lowest BCUT2D eigenvalue weighted by Gasteiger charge is -2.08. The van der Waals surface area contributed by atoms with Gasteiger partial charge in [-0.05, 0) is 42.4 Å². The Balaban J connectivity index is 2.63. The third-order valence-corrected chi connectivity index (χ3v) is 2.85. The molecule has 0 bridgehead atoms. The number of thiocarbonyl (C=S) groups is 1. The number of ether oxygens (including phenoxy) is 2. The number of benzene rings is 1. The van der Waals surface area contributed by atoms with Crippen LogP contribution in [0, 0.1) is 0 Å². The Morgan fingerprint density at radius 2 is 2.00 bits per heavy atom. The molecule has 21 heavy (non-hydrogen) atoms. The van der Waals surface area contributed by atoms with Gasteiger partial charge < -0.3 is 14.8 Å². The van der Waals surface area contributed by atoms with E-state index < -0.39 is 0 Å². The van der Waals surface area contributed by atoms with Crippen molar-refractivity contribution in [2.75, 3.05) is 20.8 Å². The fourth-order valence-electron chi connectivity index (χ4n) is 1.56. The van der Waals surface area contributed by atoms with Crippen molar-refractivity contribution in [2.24, 2.45) is 0 Å². The van der Waals surface area contributed by atoms with Gasteiger partial charge in [-0.1, -0.05) is 13.0 Å².